The SMILES string of the molecule is CCN=C(NC1CC1c1ccccc1OC(F)(F)F)N1CCC(Cc2cnn(C)c2)C1.I. The molecule has 2 aliphatic rings. The quantitative estimate of drug-likeness (QED) is 0.323. The summed E-state index contributed by atoms with van der Waals surface area (Å²) in [4.78, 5) is 6.91. The number of nitrogens with zero attached hydrogens (tertiary/aromatic N) is 4. The summed E-state index contributed by atoms with van der Waals surface area (Å²) in [5, 5.41) is 7.73. The number of nitrogens with one attached hydrogen (secondary N) is 1. The minimum Gasteiger partial charge on any atom is -0.405 e. The molecule has 1 aliphatic heterocycles. The van der Waals surface area contributed by atoms with Crippen molar-refractivity contribution in [3.8, 4) is 5.75 Å². The zero-order chi connectivity index (χ0) is 22.0. The molecule has 1 saturated heterocycles. The number of hydrogen-bond donors (Lipinski definition) is 1. The van der Waals surface area contributed by atoms with Gasteiger partial charge in [0.15, 0.2) is 5.96 Å². The Bertz CT molecular complexity index is 932. The van der Waals surface area contributed by atoms with E-state index < -0.39 is 6.36 Å². The molecule has 1 N–H and O–H groups in total. The lowest BCUT2D eigenvalue weighted by atomic mass is 10.0. The zero-order valence-corrected chi connectivity index (χ0v) is 20.5. The molecule has 6 nitrogen and oxygen atoms in total. The van der Waals surface area contributed by atoms with Crippen molar-refractivity contribution >= 4 is 29.9 Å². The van der Waals surface area contributed by atoms with E-state index in [1.54, 1.807) is 18.2 Å². The van der Waals surface area contributed by atoms with Crippen LogP contribution in [0.5, 0.6) is 5.75 Å². The van der Waals surface area contributed by atoms with Gasteiger partial charge >= 0.3 is 6.36 Å². The molecule has 1 aromatic carbocycles. The van der Waals surface area contributed by atoms with Crippen LogP contribution in [0.3, 0.4) is 0 Å². The van der Waals surface area contributed by atoms with Gasteiger partial charge in [0.05, 0.1) is 6.20 Å². The number of rotatable bonds is 6. The van der Waals surface area contributed by atoms with Gasteiger partial charge in [-0.25, -0.2) is 0 Å². The number of ether oxygens (including phenoxy) is 1. The standard InChI is InChI=1S/C22H28F3N5O.HI/c1-3-26-21(30-9-8-15(14-30)10-16-12-27-29(2)13-16)28-19-11-18(19)17-6-4-5-7-20(17)31-22(23,24)25;/h4-7,12-13,15,18-19H,3,8-11,14H2,1-2H3,(H,26,28);1H. The van der Waals surface area contributed by atoms with Crippen molar-refractivity contribution in [1.29, 1.82) is 0 Å². The summed E-state index contributed by atoms with van der Waals surface area (Å²) in [6.07, 6.45) is 2.09. The third-order valence-electron chi connectivity index (χ3n) is 5.83. The predicted molar refractivity (Wildman–Crippen MR) is 127 cm³/mol. The summed E-state index contributed by atoms with van der Waals surface area (Å²) < 4.78 is 44.3. The van der Waals surface area contributed by atoms with Crippen LogP contribution in [0, 0.1) is 5.92 Å². The molecule has 0 bridgehead atoms. The fourth-order valence-corrected chi connectivity index (χ4v) is 4.36. The van der Waals surface area contributed by atoms with Gasteiger partial charge in [-0.1, -0.05) is 18.2 Å². The molecular weight excluding hydrogens is 534 g/mol. The Morgan fingerprint density at radius 2 is 2.09 bits per heavy atom. The number of aromatic nitrogens is 2. The first-order valence-electron chi connectivity index (χ1n) is 10.7. The Kier molecular flexibility index (Phi) is 7.94. The molecule has 0 amide bonds. The lowest BCUT2D eigenvalue weighted by Crippen LogP contribution is -2.41. The van der Waals surface area contributed by atoms with Crippen LogP contribution in [0.4, 0.5) is 13.2 Å². The highest BCUT2D eigenvalue weighted by atomic mass is 127. The fraction of sp³-hybridized carbons (Fsp3) is 0.545. The van der Waals surface area contributed by atoms with E-state index in [0.29, 0.717) is 18.0 Å². The highest BCUT2D eigenvalue weighted by molar-refractivity contribution is 14.0. The Labute approximate surface area is 203 Å². The Balaban J connectivity index is 0.00000289. The van der Waals surface area contributed by atoms with Gasteiger partial charge < -0.3 is 15.0 Å². The van der Waals surface area contributed by atoms with Gasteiger partial charge in [-0.15, -0.1) is 37.1 Å². The molecular formula is C22H29F3IN5O. The van der Waals surface area contributed by atoms with Crippen LogP contribution in [-0.4, -0.2) is 52.7 Å². The molecule has 3 atom stereocenters. The summed E-state index contributed by atoms with van der Waals surface area (Å²) in [6.45, 7) is 4.47. The molecule has 10 heteroatoms. The van der Waals surface area contributed by atoms with Gasteiger partial charge in [0.1, 0.15) is 5.75 Å². The average molecular weight is 563 g/mol. The molecule has 1 aliphatic carbocycles. The number of aliphatic imine (C=N–C) groups is 1. The first kappa shape index (κ1) is 24.7. The Hall–Kier alpha value is -1.98. The highest BCUT2D eigenvalue weighted by Gasteiger charge is 2.43. The minimum absolute atomic E-state index is 0. The number of para-hydroxylation sites is 1. The highest BCUT2D eigenvalue weighted by Crippen LogP contribution is 2.45. The monoisotopic (exact) mass is 563 g/mol. The summed E-state index contributed by atoms with van der Waals surface area (Å²) >= 11 is 0. The third kappa shape index (κ3) is 6.29. The molecule has 1 aromatic heterocycles. The minimum atomic E-state index is -4.69. The molecule has 2 fully saturated rings. The second-order valence-electron chi connectivity index (χ2n) is 8.30. The normalized spacial score (nSPS) is 23.1. The van der Waals surface area contributed by atoms with Crippen LogP contribution >= 0.6 is 24.0 Å². The van der Waals surface area contributed by atoms with E-state index in [1.807, 2.05) is 24.9 Å². The predicted octanol–water partition coefficient (Wildman–Crippen LogP) is 4.32. The molecule has 4 rings (SSSR count). The molecule has 0 radical (unpaired) electrons. The average Bonchev–Trinajstić information content (AvgIpc) is 3.09. The topological polar surface area (TPSA) is 54.7 Å². The maximum absolute atomic E-state index is 12.7. The molecule has 2 aromatic rings. The van der Waals surface area contributed by atoms with Gasteiger partial charge in [-0.3, -0.25) is 9.67 Å². The first-order valence-corrected chi connectivity index (χ1v) is 10.7. The van der Waals surface area contributed by atoms with Crippen LogP contribution in [0.15, 0.2) is 41.7 Å². The first-order chi connectivity index (χ1) is 14.8. The lowest BCUT2D eigenvalue weighted by Gasteiger charge is -2.22. The van der Waals surface area contributed by atoms with Gasteiger partial charge in [-0.2, -0.15) is 5.10 Å². The lowest BCUT2D eigenvalue weighted by molar-refractivity contribution is -0.274. The van der Waals surface area contributed by atoms with E-state index in [4.69, 9.17) is 0 Å². The van der Waals surface area contributed by atoms with Crippen molar-refractivity contribution in [2.24, 2.45) is 18.0 Å². The second-order valence-corrected chi connectivity index (χ2v) is 8.30. The summed E-state index contributed by atoms with van der Waals surface area (Å²) in [7, 11) is 1.92. The van der Waals surface area contributed by atoms with Crippen molar-refractivity contribution in [3.63, 3.8) is 0 Å². The second kappa shape index (κ2) is 10.3. The maximum atomic E-state index is 12.7. The van der Waals surface area contributed by atoms with E-state index in [0.717, 1.165) is 38.3 Å². The number of hydrogen-bond acceptors (Lipinski definition) is 3. The van der Waals surface area contributed by atoms with Crippen molar-refractivity contribution in [1.82, 2.24) is 20.0 Å². The van der Waals surface area contributed by atoms with Crippen molar-refractivity contribution in [2.75, 3.05) is 19.6 Å². The van der Waals surface area contributed by atoms with E-state index in [1.165, 1.54) is 11.6 Å². The van der Waals surface area contributed by atoms with Gasteiger partial charge in [-0.05, 0) is 49.3 Å². The maximum Gasteiger partial charge on any atom is 0.573 e. The Morgan fingerprint density at radius 1 is 1.31 bits per heavy atom. The van der Waals surface area contributed by atoms with Crippen LogP contribution in [-0.2, 0) is 13.5 Å². The number of aryl methyl sites for hydroxylation is 1. The van der Waals surface area contributed by atoms with Crippen LogP contribution in [0.25, 0.3) is 0 Å². The van der Waals surface area contributed by atoms with Gasteiger partial charge in [0.25, 0.3) is 0 Å². The Morgan fingerprint density at radius 3 is 2.78 bits per heavy atom. The van der Waals surface area contributed by atoms with Crippen molar-refractivity contribution < 1.29 is 17.9 Å². The summed E-state index contributed by atoms with van der Waals surface area (Å²) in [5.41, 5.74) is 1.82. The fourth-order valence-electron chi connectivity index (χ4n) is 4.36. The molecule has 0 spiro atoms. The van der Waals surface area contributed by atoms with E-state index in [-0.39, 0.29) is 41.7 Å². The van der Waals surface area contributed by atoms with Gasteiger partial charge in [0.2, 0.25) is 0 Å². The molecule has 1 saturated carbocycles. The largest absolute Gasteiger partial charge is 0.573 e. The van der Waals surface area contributed by atoms with Gasteiger partial charge in [0, 0.05) is 44.8 Å². The van der Waals surface area contributed by atoms with Crippen molar-refractivity contribution in [3.05, 3.63) is 47.8 Å². The summed E-state index contributed by atoms with van der Waals surface area (Å²) in [6, 6.07) is 6.46. The number of halogens is 4. The molecule has 176 valence electrons. The van der Waals surface area contributed by atoms with Crippen molar-refractivity contribution in [2.45, 2.75) is 44.5 Å². The number of benzene rings is 1. The van der Waals surface area contributed by atoms with Crippen LogP contribution in [0.2, 0.25) is 0 Å². The van der Waals surface area contributed by atoms with Crippen LogP contribution in [0.1, 0.15) is 36.8 Å². The molecule has 3 unspecified atom stereocenters. The van der Waals surface area contributed by atoms with E-state index in [2.05, 4.69) is 31.2 Å². The third-order valence-corrected chi connectivity index (χ3v) is 5.83. The van der Waals surface area contributed by atoms with Crippen LogP contribution < -0.4 is 10.1 Å². The smallest absolute Gasteiger partial charge is 0.405 e. The van der Waals surface area contributed by atoms with E-state index in [9.17, 15) is 13.2 Å². The molecule has 32 heavy (non-hydrogen) atoms. The molecule has 2 heterocycles. The zero-order valence-electron chi connectivity index (χ0n) is 18.2. The summed E-state index contributed by atoms with van der Waals surface area (Å²) in [5.74, 6) is 1.24. The number of guanidine groups is 1. The number of alkyl halides is 3. The van der Waals surface area contributed by atoms with E-state index >= 15 is 0 Å². The number of likely N-dealkylation sites (tertiary alicyclic amines) is 1.